The first-order valence-corrected chi connectivity index (χ1v) is 11.1. The van der Waals surface area contributed by atoms with Crippen LogP contribution in [0.15, 0.2) is 71.7 Å². The molecule has 0 spiro atoms. The van der Waals surface area contributed by atoms with E-state index in [0.717, 1.165) is 21.8 Å². The number of nitrogens with zero attached hydrogens (tertiary/aromatic N) is 3. The van der Waals surface area contributed by atoms with E-state index in [9.17, 15) is 13.2 Å². The molecule has 0 aliphatic rings. The van der Waals surface area contributed by atoms with Crippen LogP contribution in [0.25, 0.3) is 5.69 Å². The fraction of sp³-hybridized carbons (Fsp3) is 0.158. The van der Waals surface area contributed by atoms with Gasteiger partial charge in [0.05, 0.1) is 24.0 Å². The van der Waals surface area contributed by atoms with Crippen LogP contribution in [0.5, 0.6) is 0 Å². The highest BCUT2D eigenvalue weighted by Crippen LogP contribution is 2.27. The summed E-state index contributed by atoms with van der Waals surface area (Å²) in [6.45, 7) is -0.0462. The van der Waals surface area contributed by atoms with Gasteiger partial charge in [0, 0.05) is 23.4 Å². The molecule has 28 heavy (non-hydrogen) atoms. The lowest BCUT2D eigenvalue weighted by Gasteiger charge is -2.23. The van der Waals surface area contributed by atoms with E-state index in [1.807, 2.05) is 35.0 Å². The van der Waals surface area contributed by atoms with Crippen molar-refractivity contribution in [3.8, 4) is 5.69 Å². The molecule has 0 bridgehead atoms. The van der Waals surface area contributed by atoms with Gasteiger partial charge in [0.2, 0.25) is 15.9 Å². The van der Waals surface area contributed by atoms with Gasteiger partial charge in [-0.15, -0.1) is 0 Å². The lowest BCUT2D eigenvalue weighted by atomic mass is 10.1. The molecule has 7 nitrogen and oxygen atoms in total. The number of halogens is 1. The average Bonchev–Trinajstić information content (AvgIpc) is 3.19. The Hall–Kier alpha value is -2.65. The molecule has 0 saturated carbocycles. The number of rotatable bonds is 7. The molecule has 146 valence electrons. The van der Waals surface area contributed by atoms with E-state index in [1.54, 1.807) is 36.8 Å². The molecule has 2 aromatic carbocycles. The molecular weight excluding hydrogens is 444 g/mol. The third-order valence-electron chi connectivity index (χ3n) is 4.06. The first-order valence-electron chi connectivity index (χ1n) is 8.41. The number of amides is 1. The third-order valence-corrected chi connectivity index (χ3v) is 5.86. The normalized spacial score (nSPS) is 11.2. The van der Waals surface area contributed by atoms with Crippen LogP contribution in [0.3, 0.4) is 0 Å². The third kappa shape index (κ3) is 4.79. The minimum Gasteiger partial charge on any atom is -0.350 e. The molecule has 1 aromatic heterocycles. The second kappa shape index (κ2) is 8.57. The summed E-state index contributed by atoms with van der Waals surface area (Å²) in [6, 6.07) is 14.5. The minimum absolute atomic E-state index is 0.265. The SMILES string of the molecule is CS(=O)(=O)N(CC(=O)NCc1ccccc1-n1ccnc1)c1ccccc1Br. The Morgan fingerprint density at radius 3 is 2.57 bits per heavy atom. The summed E-state index contributed by atoms with van der Waals surface area (Å²) in [4.78, 5) is 16.5. The van der Waals surface area contributed by atoms with E-state index in [-0.39, 0.29) is 13.1 Å². The van der Waals surface area contributed by atoms with Gasteiger partial charge < -0.3 is 9.88 Å². The van der Waals surface area contributed by atoms with Crippen molar-refractivity contribution in [2.75, 3.05) is 17.1 Å². The zero-order valence-electron chi connectivity index (χ0n) is 15.1. The maximum Gasteiger partial charge on any atom is 0.241 e. The quantitative estimate of drug-likeness (QED) is 0.584. The molecule has 9 heteroatoms. The van der Waals surface area contributed by atoms with Crippen LogP contribution < -0.4 is 9.62 Å². The van der Waals surface area contributed by atoms with Crippen molar-refractivity contribution in [3.05, 3.63) is 77.3 Å². The number of benzene rings is 2. The van der Waals surface area contributed by atoms with Crippen molar-refractivity contribution in [1.29, 1.82) is 0 Å². The summed E-state index contributed by atoms with van der Waals surface area (Å²) in [7, 11) is -3.63. The molecule has 0 saturated heterocycles. The molecule has 0 atom stereocenters. The Bertz CT molecular complexity index is 1070. The van der Waals surface area contributed by atoms with Crippen molar-refractivity contribution >= 4 is 37.5 Å². The van der Waals surface area contributed by atoms with E-state index in [2.05, 4.69) is 26.2 Å². The topological polar surface area (TPSA) is 84.3 Å². The molecule has 3 aromatic rings. The first kappa shape index (κ1) is 20.1. The number of hydrogen-bond acceptors (Lipinski definition) is 4. The van der Waals surface area contributed by atoms with Gasteiger partial charge in [-0.1, -0.05) is 30.3 Å². The lowest BCUT2D eigenvalue weighted by Crippen LogP contribution is -2.40. The summed E-state index contributed by atoms with van der Waals surface area (Å²) < 4.78 is 28.0. The second-order valence-electron chi connectivity index (χ2n) is 6.10. The van der Waals surface area contributed by atoms with Gasteiger partial charge in [0.25, 0.3) is 0 Å². The zero-order chi connectivity index (χ0) is 20.1. The number of carbonyl (C=O) groups excluding carboxylic acids is 1. The van der Waals surface area contributed by atoms with Crippen LogP contribution in [-0.4, -0.2) is 36.7 Å². The van der Waals surface area contributed by atoms with Crippen molar-refractivity contribution in [1.82, 2.24) is 14.9 Å². The molecule has 0 fully saturated rings. The molecular formula is C19H19BrN4O3S. The van der Waals surface area contributed by atoms with Crippen LogP contribution in [0, 0.1) is 0 Å². The smallest absolute Gasteiger partial charge is 0.241 e. The summed E-state index contributed by atoms with van der Waals surface area (Å²) in [5.41, 5.74) is 2.20. The molecule has 0 unspecified atom stereocenters. The van der Waals surface area contributed by atoms with E-state index < -0.39 is 15.9 Å². The highest BCUT2D eigenvalue weighted by molar-refractivity contribution is 9.10. The first-order chi connectivity index (χ1) is 13.4. The zero-order valence-corrected chi connectivity index (χ0v) is 17.5. The van der Waals surface area contributed by atoms with E-state index in [4.69, 9.17) is 0 Å². The number of nitrogens with one attached hydrogen (secondary N) is 1. The lowest BCUT2D eigenvalue weighted by molar-refractivity contribution is -0.119. The largest absolute Gasteiger partial charge is 0.350 e. The number of anilines is 1. The number of aromatic nitrogens is 2. The second-order valence-corrected chi connectivity index (χ2v) is 8.86. The molecule has 1 heterocycles. The van der Waals surface area contributed by atoms with E-state index in [1.165, 1.54) is 0 Å². The highest BCUT2D eigenvalue weighted by Gasteiger charge is 2.22. The number of imidazole rings is 1. The average molecular weight is 463 g/mol. The fourth-order valence-corrected chi connectivity index (χ4v) is 4.21. The summed E-state index contributed by atoms with van der Waals surface area (Å²) >= 11 is 3.34. The van der Waals surface area contributed by atoms with Crippen LogP contribution in [0.1, 0.15) is 5.56 Å². The van der Waals surface area contributed by atoms with Gasteiger partial charge in [-0.25, -0.2) is 13.4 Å². The maximum atomic E-state index is 12.5. The molecule has 0 aliphatic carbocycles. The van der Waals surface area contributed by atoms with Gasteiger partial charge >= 0.3 is 0 Å². The van der Waals surface area contributed by atoms with Gasteiger partial charge in [0.1, 0.15) is 6.54 Å². The van der Waals surface area contributed by atoms with Crippen molar-refractivity contribution in [3.63, 3.8) is 0 Å². The van der Waals surface area contributed by atoms with Crippen LogP contribution in [-0.2, 0) is 21.4 Å². The van der Waals surface area contributed by atoms with Crippen LogP contribution in [0.4, 0.5) is 5.69 Å². The Labute approximate surface area is 172 Å². The highest BCUT2D eigenvalue weighted by atomic mass is 79.9. The molecule has 0 aliphatic heterocycles. The van der Waals surface area contributed by atoms with Crippen molar-refractivity contribution < 1.29 is 13.2 Å². The predicted octanol–water partition coefficient (Wildman–Crippen LogP) is 2.72. The predicted molar refractivity (Wildman–Crippen MR) is 112 cm³/mol. The van der Waals surface area contributed by atoms with Crippen molar-refractivity contribution in [2.45, 2.75) is 6.54 Å². The molecule has 0 radical (unpaired) electrons. The molecule has 3 rings (SSSR count). The van der Waals surface area contributed by atoms with Crippen LogP contribution in [0.2, 0.25) is 0 Å². The van der Waals surface area contributed by atoms with Crippen LogP contribution >= 0.6 is 15.9 Å². The Kier molecular flexibility index (Phi) is 6.15. The Balaban J connectivity index is 1.74. The van der Waals surface area contributed by atoms with E-state index in [0.29, 0.717) is 10.2 Å². The molecule has 1 amide bonds. The summed E-state index contributed by atoms with van der Waals surface area (Å²) in [6.07, 6.45) is 6.25. The maximum absolute atomic E-state index is 12.5. The summed E-state index contributed by atoms with van der Waals surface area (Å²) in [5.74, 6) is -0.401. The van der Waals surface area contributed by atoms with Gasteiger partial charge in [-0.2, -0.15) is 0 Å². The Morgan fingerprint density at radius 2 is 1.89 bits per heavy atom. The van der Waals surface area contributed by atoms with Gasteiger partial charge in [-0.3, -0.25) is 9.10 Å². The number of hydrogen-bond donors (Lipinski definition) is 1. The van der Waals surface area contributed by atoms with E-state index >= 15 is 0 Å². The van der Waals surface area contributed by atoms with Gasteiger partial charge in [0.15, 0.2) is 0 Å². The fourth-order valence-electron chi connectivity index (χ4n) is 2.73. The summed E-state index contributed by atoms with van der Waals surface area (Å²) in [5, 5.41) is 2.80. The minimum atomic E-state index is -3.63. The number of carbonyl (C=O) groups is 1. The van der Waals surface area contributed by atoms with Crippen molar-refractivity contribution in [2.24, 2.45) is 0 Å². The molecule has 1 N–H and O–H groups in total. The van der Waals surface area contributed by atoms with Gasteiger partial charge in [-0.05, 0) is 39.7 Å². The monoisotopic (exact) mass is 462 g/mol. The standard InChI is InChI=1S/C19H19BrN4O3S/c1-28(26,27)24(18-9-5-3-7-16(18)20)13-19(25)22-12-15-6-2-4-8-17(15)23-11-10-21-14-23/h2-11,14H,12-13H2,1H3,(H,22,25). The number of para-hydroxylation sites is 2. The number of sulfonamides is 1. The Morgan fingerprint density at radius 1 is 1.18 bits per heavy atom.